The molecule has 2 N–H and O–H groups in total. The van der Waals surface area contributed by atoms with Crippen molar-refractivity contribution in [3.8, 4) is 0 Å². The zero-order valence-electron chi connectivity index (χ0n) is 10.6. The van der Waals surface area contributed by atoms with Crippen LogP contribution >= 0.6 is 15.9 Å². The second-order valence-electron chi connectivity index (χ2n) is 4.53. The first-order valence-electron chi connectivity index (χ1n) is 5.76. The molecular weight excluding hydrogens is 309 g/mol. The van der Waals surface area contributed by atoms with E-state index in [1.165, 1.54) is 0 Å². The Morgan fingerprint density at radius 1 is 1.05 bits per heavy atom. The second-order valence-corrected chi connectivity index (χ2v) is 5.44. The van der Waals surface area contributed by atoms with E-state index in [4.69, 9.17) is 5.73 Å². The maximum absolute atomic E-state index is 13.6. The summed E-state index contributed by atoms with van der Waals surface area (Å²) in [5.41, 5.74) is 8.10. The fourth-order valence-corrected chi connectivity index (χ4v) is 2.50. The normalized spacial score (nSPS) is 10.5. The maximum Gasteiger partial charge on any atom is 0.193 e. The number of nitrogens with two attached hydrogens (primary N) is 1. The third-order valence-corrected chi connectivity index (χ3v) is 3.34. The van der Waals surface area contributed by atoms with Crippen LogP contribution in [0, 0.1) is 19.7 Å². The number of rotatable bonds is 2. The number of hydrogen-bond donors (Lipinski definition) is 1. The van der Waals surface area contributed by atoms with Gasteiger partial charge in [0.15, 0.2) is 5.78 Å². The van der Waals surface area contributed by atoms with Gasteiger partial charge in [0, 0.05) is 21.3 Å². The van der Waals surface area contributed by atoms with Crippen LogP contribution in [0.4, 0.5) is 10.1 Å². The molecule has 0 amide bonds. The van der Waals surface area contributed by atoms with Gasteiger partial charge in [-0.2, -0.15) is 0 Å². The zero-order valence-corrected chi connectivity index (χ0v) is 12.2. The largest absolute Gasteiger partial charge is 0.399 e. The van der Waals surface area contributed by atoms with Gasteiger partial charge in [0.2, 0.25) is 0 Å². The molecule has 2 rings (SSSR count). The maximum atomic E-state index is 13.6. The summed E-state index contributed by atoms with van der Waals surface area (Å²) >= 11 is 3.30. The summed E-state index contributed by atoms with van der Waals surface area (Å²) in [6.45, 7) is 3.29. The number of ketones is 1. The summed E-state index contributed by atoms with van der Waals surface area (Å²) in [4.78, 5) is 12.4. The van der Waals surface area contributed by atoms with Gasteiger partial charge in [-0.25, -0.2) is 4.39 Å². The molecule has 0 saturated carbocycles. The number of carbonyl (C=O) groups is 1. The molecule has 0 aliphatic rings. The van der Waals surface area contributed by atoms with Crippen LogP contribution in [0.2, 0.25) is 0 Å². The number of aryl methyl sites for hydroxylation is 2. The standard InChI is InChI=1S/C15H13BrFNO/c1-8-3-10(4-9(2)14(8)17)15(19)11-5-12(16)7-13(18)6-11/h3-7H,18H2,1-2H3. The predicted molar refractivity (Wildman–Crippen MR) is 77.9 cm³/mol. The van der Waals surface area contributed by atoms with Crippen molar-refractivity contribution >= 4 is 27.4 Å². The number of nitrogen functional groups attached to an aromatic ring is 1. The molecule has 0 radical (unpaired) electrons. The molecule has 0 aliphatic heterocycles. The molecular formula is C15H13BrFNO. The molecule has 0 bridgehead atoms. The Labute approximate surface area is 119 Å². The van der Waals surface area contributed by atoms with Gasteiger partial charge in [0.05, 0.1) is 0 Å². The minimum Gasteiger partial charge on any atom is -0.399 e. The molecule has 19 heavy (non-hydrogen) atoms. The van der Waals surface area contributed by atoms with Crippen LogP contribution in [0.5, 0.6) is 0 Å². The molecule has 2 nitrogen and oxygen atoms in total. The summed E-state index contributed by atoms with van der Waals surface area (Å²) in [7, 11) is 0. The molecule has 0 fully saturated rings. The predicted octanol–water partition coefficient (Wildman–Crippen LogP) is 4.02. The van der Waals surface area contributed by atoms with Crippen LogP contribution in [-0.2, 0) is 0 Å². The molecule has 0 atom stereocenters. The minimum atomic E-state index is -0.273. The van der Waals surface area contributed by atoms with Gasteiger partial charge in [-0.3, -0.25) is 4.79 Å². The van der Waals surface area contributed by atoms with Gasteiger partial charge < -0.3 is 5.73 Å². The highest BCUT2D eigenvalue weighted by Crippen LogP contribution is 2.22. The first kappa shape index (κ1) is 13.7. The number of halogens is 2. The molecule has 0 spiro atoms. The van der Waals surface area contributed by atoms with Gasteiger partial charge in [-0.15, -0.1) is 0 Å². The third-order valence-electron chi connectivity index (χ3n) is 2.88. The number of anilines is 1. The van der Waals surface area contributed by atoms with E-state index in [2.05, 4.69) is 15.9 Å². The van der Waals surface area contributed by atoms with Crippen LogP contribution in [0.15, 0.2) is 34.8 Å². The van der Waals surface area contributed by atoms with E-state index in [0.29, 0.717) is 27.9 Å². The fraction of sp³-hybridized carbons (Fsp3) is 0.133. The molecule has 98 valence electrons. The van der Waals surface area contributed by atoms with Gasteiger partial charge in [-0.05, 0) is 55.3 Å². The van der Waals surface area contributed by atoms with Gasteiger partial charge in [0.25, 0.3) is 0 Å². The van der Waals surface area contributed by atoms with Crippen molar-refractivity contribution in [1.82, 2.24) is 0 Å². The van der Waals surface area contributed by atoms with Crippen molar-refractivity contribution in [3.63, 3.8) is 0 Å². The summed E-state index contributed by atoms with van der Waals surface area (Å²) in [6.07, 6.45) is 0. The van der Waals surface area contributed by atoms with Crippen molar-refractivity contribution in [2.45, 2.75) is 13.8 Å². The van der Waals surface area contributed by atoms with Crippen molar-refractivity contribution in [2.75, 3.05) is 5.73 Å². The van der Waals surface area contributed by atoms with E-state index in [1.807, 2.05) is 0 Å². The monoisotopic (exact) mass is 321 g/mol. The Bertz CT molecular complexity index is 624. The van der Waals surface area contributed by atoms with E-state index in [0.717, 1.165) is 4.47 Å². The van der Waals surface area contributed by atoms with E-state index in [-0.39, 0.29) is 11.6 Å². The molecule has 2 aromatic carbocycles. The Morgan fingerprint density at radius 3 is 2.11 bits per heavy atom. The van der Waals surface area contributed by atoms with Gasteiger partial charge >= 0.3 is 0 Å². The van der Waals surface area contributed by atoms with Crippen LogP contribution in [0.1, 0.15) is 27.0 Å². The molecule has 0 heterocycles. The lowest BCUT2D eigenvalue weighted by Gasteiger charge is -2.07. The highest BCUT2D eigenvalue weighted by atomic mass is 79.9. The minimum absolute atomic E-state index is 0.167. The number of carbonyl (C=O) groups excluding carboxylic acids is 1. The van der Waals surface area contributed by atoms with E-state index in [9.17, 15) is 9.18 Å². The SMILES string of the molecule is Cc1cc(C(=O)c2cc(N)cc(Br)c2)cc(C)c1F. The highest BCUT2D eigenvalue weighted by molar-refractivity contribution is 9.10. The second kappa shape index (κ2) is 5.13. The lowest BCUT2D eigenvalue weighted by atomic mass is 9.99. The van der Waals surface area contributed by atoms with Crippen molar-refractivity contribution in [3.05, 3.63) is 62.9 Å². The smallest absolute Gasteiger partial charge is 0.193 e. The highest BCUT2D eigenvalue weighted by Gasteiger charge is 2.13. The summed E-state index contributed by atoms with van der Waals surface area (Å²) in [5.74, 6) is -0.440. The summed E-state index contributed by atoms with van der Waals surface area (Å²) in [6, 6.07) is 8.15. The van der Waals surface area contributed by atoms with E-state index >= 15 is 0 Å². The molecule has 4 heteroatoms. The lowest BCUT2D eigenvalue weighted by molar-refractivity contribution is 0.103. The van der Waals surface area contributed by atoms with Crippen molar-refractivity contribution in [2.24, 2.45) is 0 Å². The quantitative estimate of drug-likeness (QED) is 0.670. The first-order chi connectivity index (χ1) is 8.88. The third kappa shape index (κ3) is 2.84. The van der Waals surface area contributed by atoms with Crippen molar-refractivity contribution in [1.29, 1.82) is 0 Å². The lowest BCUT2D eigenvalue weighted by Crippen LogP contribution is -2.04. The average Bonchev–Trinajstić information content (AvgIpc) is 2.33. The topological polar surface area (TPSA) is 43.1 Å². The van der Waals surface area contributed by atoms with Crippen LogP contribution in [-0.4, -0.2) is 5.78 Å². The zero-order chi connectivity index (χ0) is 14.2. The van der Waals surface area contributed by atoms with E-state index < -0.39 is 0 Å². The molecule has 0 saturated heterocycles. The number of benzene rings is 2. The molecule has 2 aromatic rings. The Balaban J connectivity index is 2.50. The number of hydrogen-bond acceptors (Lipinski definition) is 2. The summed E-state index contributed by atoms with van der Waals surface area (Å²) in [5, 5.41) is 0. The van der Waals surface area contributed by atoms with Crippen molar-refractivity contribution < 1.29 is 9.18 Å². The molecule has 0 aliphatic carbocycles. The Hall–Kier alpha value is -1.68. The molecule has 0 aromatic heterocycles. The Morgan fingerprint density at radius 2 is 1.58 bits per heavy atom. The van der Waals surface area contributed by atoms with Gasteiger partial charge in [-0.1, -0.05) is 15.9 Å². The first-order valence-corrected chi connectivity index (χ1v) is 6.55. The van der Waals surface area contributed by atoms with E-state index in [1.54, 1.807) is 44.2 Å². The van der Waals surface area contributed by atoms with Crippen LogP contribution in [0.3, 0.4) is 0 Å². The van der Waals surface area contributed by atoms with Crippen LogP contribution < -0.4 is 5.73 Å². The Kier molecular flexibility index (Phi) is 3.71. The van der Waals surface area contributed by atoms with Gasteiger partial charge in [0.1, 0.15) is 5.82 Å². The average molecular weight is 322 g/mol. The molecule has 0 unspecified atom stereocenters. The summed E-state index contributed by atoms with van der Waals surface area (Å²) < 4.78 is 14.3. The van der Waals surface area contributed by atoms with Crippen LogP contribution in [0.25, 0.3) is 0 Å². The fourth-order valence-electron chi connectivity index (χ4n) is 1.99.